The summed E-state index contributed by atoms with van der Waals surface area (Å²) in [5, 5.41) is 2.94. The van der Waals surface area contributed by atoms with E-state index in [0.29, 0.717) is 25.7 Å². The number of hydrogen-bond acceptors (Lipinski definition) is 4. The SMILES string of the molecule is COC(=O)N1CCC2C(C1)c1cccc3c1N2CC(=O)N3. The Kier molecular flexibility index (Phi) is 2.60. The van der Waals surface area contributed by atoms with Crippen molar-refractivity contribution in [2.24, 2.45) is 0 Å². The van der Waals surface area contributed by atoms with Crippen molar-refractivity contribution in [2.75, 3.05) is 37.0 Å². The predicted molar refractivity (Wildman–Crippen MR) is 77.5 cm³/mol. The number of para-hydroxylation sites is 1. The summed E-state index contributed by atoms with van der Waals surface area (Å²) < 4.78 is 4.84. The van der Waals surface area contributed by atoms with Gasteiger partial charge in [-0.25, -0.2) is 4.79 Å². The average Bonchev–Trinajstić information content (AvgIpc) is 2.82. The number of carbonyl (C=O) groups is 2. The monoisotopic (exact) mass is 287 g/mol. The number of fused-ring (bicyclic) bond motifs is 3. The molecule has 0 saturated carbocycles. The van der Waals surface area contributed by atoms with Gasteiger partial charge in [-0.2, -0.15) is 0 Å². The fourth-order valence-corrected chi connectivity index (χ4v) is 3.90. The molecule has 3 aliphatic heterocycles. The van der Waals surface area contributed by atoms with E-state index in [9.17, 15) is 9.59 Å². The van der Waals surface area contributed by atoms with E-state index in [1.165, 1.54) is 12.7 Å². The van der Waals surface area contributed by atoms with E-state index in [4.69, 9.17) is 4.74 Å². The van der Waals surface area contributed by atoms with Crippen LogP contribution in [0.25, 0.3) is 0 Å². The highest BCUT2D eigenvalue weighted by molar-refractivity contribution is 6.03. The minimum Gasteiger partial charge on any atom is -0.453 e. The molecule has 0 bridgehead atoms. The Balaban J connectivity index is 1.73. The molecule has 1 saturated heterocycles. The van der Waals surface area contributed by atoms with Gasteiger partial charge in [0, 0.05) is 25.0 Å². The maximum absolute atomic E-state index is 11.9. The third kappa shape index (κ3) is 1.71. The smallest absolute Gasteiger partial charge is 0.409 e. The van der Waals surface area contributed by atoms with Crippen molar-refractivity contribution in [1.29, 1.82) is 0 Å². The van der Waals surface area contributed by atoms with Gasteiger partial charge in [0.1, 0.15) is 0 Å². The van der Waals surface area contributed by atoms with E-state index >= 15 is 0 Å². The molecule has 6 heteroatoms. The maximum Gasteiger partial charge on any atom is 0.409 e. The minimum absolute atomic E-state index is 0.0377. The van der Waals surface area contributed by atoms with E-state index in [2.05, 4.69) is 16.3 Å². The Hall–Kier alpha value is -2.24. The van der Waals surface area contributed by atoms with Gasteiger partial charge in [0.15, 0.2) is 0 Å². The molecule has 2 atom stereocenters. The lowest BCUT2D eigenvalue weighted by atomic mass is 9.89. The lowest BCUT2D eigenvalue weighted by molar-refractivity contribution is -0.115. The number of ether oxygens (including phenoxy) is 1. The third-order valence-electron chi connectivity index (χ3n) is 4.75. The molecule has 1 aromatic carbocycles. The van der Waals surface area contributed by atoms with Crippen molar-refractivity contribution in [3.63, 3.8) is 0 Å². The zero-order valence-electron chi connectivity index (χ0n) is 11.8. The number of methoxy groups -OCH3 is 1. The Morgan fingerprint density at radius 2 is 2.29 bits per heavy atom. The second-order valence-electron chi connectivity index (χ2n) is 5.80. The van der Waals surface area contributed by atoms with Gasteiger partial charge in [0.2, 0.25) is 5.91 Å². The Labute approximate surface area is 122 Å². The molecule has 2 amide bonds. The normalized spacial score (nSPS) is 26.0. The van der Waals surface area contributed by atoms with Crippen molar-refractivity contribution in [3.8, 4) is 0 Å². The van der Waals surface area contributed by atoms with E-state index < -0.39 is 0 Å². The molecule has 0 radical (unpaired) electrons. The average molecular weight is 287 g/mol. The summed E-state index contributed by atoms with van der Waals surface area (Å²) in [5.74, 6) is 0.288. The Morgan fingerprint density at radius 3 is 3.10 bits per heavy atom. The summed E-state index contributed by atoms with van der Waals surface area (Å²) in [6.07, 6.45) is 0.593. The highest BCUT2D eigenvalue weighted by atomic mass is 16.5. The van der Waals surface area contributed by atoms with Crippen LogP contribution in [0, 0.1) is 0 Å². The largest absolute Gasteiger partial charge is 0.453 e. The highest BCUT2D eigenvalue weighted by Gasteiger charge is 2.46. The number of amides is 2. The fourth-order valence-electron chi connectivity index (χ4n) is 3.90. The number of carbonyl (C=O) groups excluding carboxylic acids is 2. The van der Waals surface area contributed by atoms with Gasteiger partial charge in [0.25, 0.3) is 0 Å². The van der Waals surface area contributed by atoms with Gasteiger partial charge in [-0.15, -0.1) is 0 Å². The molecule has 0 spiro atoms. The molecule has 21 heavy (non-hydrogen) atoms. The van der Waals surface area contributed by atoms with Crippen molar-refractivity contribution in [1.82, 2.24) is 4.90 Å². The van der Waals surface area contributed by atoms with Gasteiger partial charge < -0.3 is 19.9 Å². The lowest BCUT2D eigenvalue weighted by Crippen LogP contribution is -2.50. The first-order valence-electron chi connectivity index (χ1n) is 7.21. The first kappa shape index (κ1) is 12.5. The molecule has 0 aromatic heterocycles. The molecule has 3 heterocycles. The standard InChI is InChI=1S/C15H17N3O3/c1-21-15(20)17-6-5-12-10(7-17)9-3-2-4-11-14(9)18(12)8-13(19)16-11/h2-4,10,12H,5-8H2,1H3,(H,16,19). The number of hydrogen-bond donors (Lipinski definition) is 1. The molecule has 6 nitrogen and oxygen atoms in total. The summed E-state index contributed by atoms with van der Waals surface area (Å²) in [6, 6.07) is 6.32. The van der Waals surface area contributed by atoms with E-state index in [1.54, 1.807) is 4.90 Å². The summed E-state index contributed by atoms with van der Waals surface area (Å²) >= 11 is 0. The van der Waals surface area contributed by atoms with Crippen molar-refractivity contribution < 1.29 is 14.3 Å². The number of nitrogens with one attached hydrogen (secondary N) is 1. The Morgan fingerprint density at radius 1 is 1.43 bits per heavy atom. The summed E-state index contributed by atoms with van der Waals surface area (Å²) in [4.78, 5) is 27.6. The first-order valence-corrected chi connectivity index (χ1v) is 7.21. The zero-order valence-corrected chi connectivity index (χ0v) is 11.8. The molecule has 110 valence electrons. The molecule has 1 aromatic rings. The molecule has 1 N–H and O–H groups in total. The minimum atomic E-state index is -0.270. The summed E-state index contributed by atoms with van der Waals surface area (Å²) in [5.41, 5.74) is 3.26. The lowest BCUT2D eigenvalue weighted by Gasteiger charge is -2.39. The number of anilines is 2. The van der Waals surface area contributed by atoms with Crippen molar-refractivity contribution >= 4 is 23.4 Å². The van der Waals surface area contributed by atoms with Crippen LogP contribution in [-0.4, -0.2) is 49.7 Å². The van der Waals surface area contributed by atoms with E-state index in [0.717, 1.165) is 17.8 Å². The van der Waals surface area contributed by atoms with Crippen molar-refractivity contribution in [3.05, 3.63) is 23.8 Å². The molecule has 0 aliphatic carbocycles. The van der Waals surface area contributed by atoms with Gasteiger partial charge in [0.05, 0.1) is 25.0 Å². The molecule has 3 aliphatic rings. The van der Waals surface area contributed by atoms with Crippen LogP contribution in [0.2, 0.25) is 0 Å². The van der Waals surface area contributed by atoms with Crippen LogP contribution in [0.4, 0.5) is 16.2 Å². The predicted octanol–water partition coefficient (Wildman–Crippen LogP) is 1.38. The third-order valence-corrected chi connectivity index (χ3v) is 4.75. The summed E-state index contributed by atoms with van der Waals surface area (Å²) in [7, 11) is 1.41. The molecular formula is C15H17N3O3. The van der Waals surface area contributed by atoms with Crippen LogP contribution in [0.1, 0.15) is 17.9 Å². The van der Waals surface area contributed by atoms with Gasteiger partial charge >= 0.3 is 6.09 Å². The summed E-state index contributed by atoms with van der Waals surface area (Å²) in [6.45, 7) is 1.73. The second-order valence-corrected chi connectivity index (χ2v) is 5.80. The molecule has 4 rings (SSSR count). The molecular weight excluding hydrogens is 270 g/mol. The van der Waals surface area contributed by atoms with E-state index in [1.807, 2.05) is 12.1 Å². The van der Waals surface area contributed by atoms with Crippen LogP contribution in [0.5, 0.6) is 0 Å². The molecule has 2 unspecified atom stereocenters. The van der Waals surface area contributed by atoms with Crippen molar-refractivity contribution in [2.45, 2.75) is 18.4 Å². The molecule has 1 fully saturated rings. The van der Waals surface area contributed by atoms with Crippen LogP contribution in [0.3, 0.4) is 0 Å². The Bertz CT molecular complexity index is 631. The van der Waals surface area contributed by atoms with Crippen LogP contribution in [-0.2, 0) is 9.53 Å². The van der Waals surface area contributed by atoms with Gasteiger partial charge in [-0.3, -0.25) is 4.79 Å². The van der Waals surface area contributed by atoms with Gasteiger partial charge in [-0.05, 0) is 18.1 Å². The van der Waals surface area contributed by atoms with Crippen LogP contribution < -0.4 is 10.2 Å². The quantitative estimate of drug-likeness (QED) is 0.783. The number of nitrogens with zero attached hydrogens (tertiary/aromatic N) is 2. The highest BCUT2D eigenvalue weighted by Crippen LogP contribution is 2.49. The maximum atomic E-state index is 11.9. The topological polar surface area (TPSA) is 61.9 Å². The van der Waals surface area contributed by atoms with E-state index in [-0.39, 0.29) is 17.9 Å². The number of rotatable bonds is 0. The zero-order chi connectivity index (χ0) is 14.6. The number of piperidine rings is 1. The van der Waals surface area contributed by atoms with Crippen LogP contribution in [0.15, 0.2) is 18.2 Å². The fraction of sp³-hybridized carbons (Fsp3) is 0.467. The second kappa shape index (κ2) is 4.38. The number of benzene rings is 1. The van der Waals surface area contributed by atoms with Crippen LogP contribution >= 0.6 is 0 Å². The number of likely N-dealkylation sites (tertiary alicyclic amines) is 1. The van der Waals surface area contributed by atoms with Gasteiger partial charge in [-0.1, -0.05) is 12.1 Å². The first-order chi connectivity index (χ1) is 10.2.